The molecule has 5 atom stereocenters. The Morgan fingerprint density at radius 3 is 2.45 bits per heavy atom. The highest BCUT2D eigenvalue weighted by atomic mass is 28.4. The van der Waals surface area contributed by atoms with Gasteiger partial charge in [0, 0.05) is 12.6 Å². The van der Waals surface area contributed by atoms with Crippen LogP contribution in [0.5, 0.6) is 0 Å². The molecule has 1 aromatic carbocycles. The summed E-state index contributed by atoms with van der Waals surface area (Å²) in [6, 6.07) is 7.02. The maximum Gasteiger partial charge on any atom is 0.308 e. The molecule has 0 radical (unpaired) electrons. The van der Waals surface area contributed by atoms with Crippen LogP contribution in [0, 0.1) is 17.8 Å². The molecule has 1 aliphatic carbocycles. The van der Waals surface area contributed by atoms with Gasteiger partial charge >= 0.3 is 5.97 Å². The fraction of sp³-hybridized carbons (Fsp3) is 0.542. The average molecular weight is 442 g/mol. The number of allylic oxidation sites excluding steroid dienone is 1. The second-order valence-electron chi connectivity index (χ2n) is 9.52. The first-order valence-corrected chi connectivity index (χ1v) is 14.1. The second-order valence-corrected chi connectivity index (χ2v) is 13.7. The van der Waals surface area contributed by atoms with E-state index in [1.165, 1.54) is 12.0 Å². The number of ether oxygens (including phenoxy) is 1. The van der Waals surface area contributed by atoms with Crippen LogP contribution in [-0.2, 0) is 14.0 Å². The van der Waals surface area contributed by atoms with Crippen molar-refractivity contribution in [2.24, 2.45) is 17.8 Å². The van der Waals surface area contributed by atoms with Crippen LogP contribution in [0.4, 0.5) is 0 Å². The van der Waals surface area contributed by atoms with Gasteiger partial charge in [-0.05, 0) is 68.3 Å². The molecular formula is C24H31NO5Si. The molecule has 166 valence electrons. The van der Waals surface area contributed by atoms with Crippen molar-refractivity contribution in [3.63, 3.8) is 0 Å². The summed E-state index contributed by atoms with van der Waals surface area (Å²) in [4.78, 5) is 39.2. The second kappa shape index (κ2) is 8.35. The number of carbonyl (C=O) groups is 3. The number of benzene rings is 1. The maximum atomic E-state index is 12.8. The average Bonchev–Trinajstić information content (AvgIpc) is 3.15. The number of carbonyl (C=O) groups excluding carboxylic acids is 3. The first-order chi connectivity index (χ1) is 14.8. The largest absolute Gasteiger partial charge is 0.469 e. The van der Waals surface area contributed by atoms with E-state index in [0.29, 0.717) is 41.5 Å². The van der Waals surface area contributed by atoms with Crippen LogP contribution in [-0.4, -0.2) is 50.8 Å². The minimum Gasteiger partial charge on any atom is -0.469 e. The molecule has 2 heterocycles. The van der Waals surface area contributed by atoms with Crippen LogP contribution < -0.4 is 0 Å². The first kappa shape index (κ1) is 22.0. The Morgan fingerprint density at radius 2 is 1.87 bits per heavy atom. The van der Waals surface area contributed by atoms with E-state index in [9.17, 15) is 14.4 Å². The maximum absolute atomic E-state index is 12.8. The lowest BCUT2D eigenvalue weighted by Gasteiger charge is -2.39. The number of rotatable bonds is 6. The molecule has 1 aromatic rings. The molecule has 1 saturated heterocycles. The van der Waals surface area contributed by atoms with Crippen molar-refractivity contribution >= 4 is 26.1 Å². The number of nitrogens with zero attached hydrogens (tertiary/aromatic N) is 1. The third kappa shape index (κ3) is 3.78. The Hall–Kier alpha value is -2.25. The number of amides is 2. The van der Waals surface area contributed by atoms with Gasteiger partial charge < -0.3 is 9.16 Å². The molecule has 0 unspecified atom stereocenters. The van der Waals surface area contributed by atoms with Gasteiger partial charge in [-0.25, -0.2) is 0 Å². The summed E-state index contributed by atoms with van der Waals surface area (Å²) in [6.45, 7) is 8.77. The summed E-state index contributed by atoms with van der Waals surface area (Å²) < 4.78 is 11.6. The topological polar surface area (TPSA) is 72.9 Å². The van der Waals surface area contributed by atoms with E-state index >= 15 is 0 Å². The first-order valence-electron chi connectivity index (χ1n) is 11.1. The van der Waals surface area contributed by atoms with Crippen LogP contribution in [0.1, 0.15) is 46.4 Å². The van der Waals surface area contributed by atoms with Gasteiger partial charge in [-0.1, -0.05) is 18.2 Å². The third-order valence-electron chi connectivity index (χ3n) is 7.44. The van der Waals surface area contributed by atoms with Gasteiger partial charge in [-0.3, -0.25) is 19.3 Å². The molecular weight excluding hydrogens is 410 g/mol. The highest BCUT2D eigenvalue weighted by molar-refractivity contribution is 6.73. The lowest BCUT2D eigenvalue weighted by Crippen LogP contribution is -2.40. The molecule has 7 heteroatoms. The van der Waals surface area contributed by atoms with Crippen molar-refractivity contribution < 1.29 is 23.5 Å². The van der Waals surface area contributed by atoms with E-state index in [-0.39, 0.29) is 29.8 Å². The van der Waals surface area contributed by atoms with E-state index in [0.717, 1.165) is 19.3 Å². The molecule has 0 spiro atoms. The van der Waals surface area contributed by atoms with Gasteiger partial charge in [0.25, 0.3) is 11.8 Å². The lowest BCUT2D eigenvalue weighted by molar-refractivity contribution is -0.149. The molecule has 6 nitrogen and oxygen atoms in total. The van der Waals surface area contributed by atoms with E-state index in [4.69, 9.17) is 9.16 Å². The molecule has 2 fully saturated rings. The van der Waals surface area contributed by atoms with E-state index in [2.05, 4.69) is 19.7 Å². The Bertz CT molecular complexity index is 878. The Kier molecular flexibility index (Phi) is 5.92. The summed E-state index contributed by atoms with van der Waals surface area (Å²) in [7, 11) is -0.634. The predicted octanol–water partition coefficient (Wildman–Crippen LogP) is 4.04. The normalized spacial score (nSPS) is 31.3. The Morgan fingerprint density at radius 1 is 1.23 bits per heavy atom. The van der Waals surface area contributed by atoms with Crippen LogP contribution in [0.25, 0.3) is 0 Å². The molecule has 31 heavy (non-hydrogen) atoms. The van der Waals surface area contributed by atoms with Crippen molar-refractivity contribution in [2.75, 3.05) is 13.7 Å². The van der Waals surface area contributed by atoms with E-state index < -0.39 is 8.32 Å². The van der Waals surface area contributed by atoms with Crippen molar-refractivity contribution in [3.8, 4) is 0 Å². The van der Waals surface area contributed by atoms with Crippen molar-refractivity contribution in [2.45, 2.75) is 50.4 Å². The van der Waals surface area contributed by atoms with Gasteiger partial charge in [-0.15, -0.1) is 6.58 Å². The van der Waals surface area contributed by atoms with Gasteiger partial charge in [0.05, 0.1) is 24.2 Å². The monoisotopic (exact) mass is 441 g/mol. The summed E-state index contributed by atoms with van der Waals surface area (Å²) >= 11 is 0. The zero-order chi connectivity index (χ0) is 22.3. The zero-order valence-electron chi connectivity index (χ0n) is 18.5. The summed E-state index contributed by atoms with van der Waals surface area (Å²) in [6.07, 6.45) is 4.98. The number of fused-ring (bicyclic) bond motifs is 2. The van der Waals surface area contributed by atoms with Crippen LogP contribution >= 0.6 is 0 Å². The van der Waals surface area contributed by atoms with Gasteiger partial charge in [-0.2, -0.15) is 0 Å². The quantitative estimate of drug-likeness (QED) is 0.288. The molecule has 4 rings (SSSR count). The molecule has 2 aliphatic heterocycles. The molecule has 2 amide bonds. The third-order valence-corrected chi connectivity index (χ3v) is 10.8. The van der Waals surface area contributed by atoms with E-state index in [1.54, 1.807) is 24.3 Å². The van der Waals surface area contributed by atoms with Crippen LogP contribution in [0.15, 0.2) is 36.9 Å². The number of esters is 1. The summed E-state index contributed by atoms with van der Waals surface area (Å²) in [5.74, 6) is -0.0984. The highest BCUT2D eigenvalue weighted by Crippen LogP contribution is 2.55. The SMILES string of the molecule is C=CC[C@@H]1C[C@H](C(=O)OC)C[C@@H]2O[Si](C)(C)[C@@H](CCN3C(=O)c4ccccc4C3=O)[C@H]12. The van der Waals surface area contributed by atoms with Crippen LogP contribution in [0.2, 0.25) is 18.6 Å². The van der Waals surface area contributed by atoms with Gasteiger partial charge in [0.2, 0.25) is 0 Å². The van der Waals surface area contributed by atoms with Gasteiger partial charge in [0.1, 0.15) is 0 Å². The van der Waals surface area contributed by atoms with Crippen LogP contribution in [0.3, 0.4) is 0 Å². The molecule has 3 aliphatic rings. The van der Waals surface area contributed by atoms with E-state index in [1.807, 2.05) is 6.08 Å². The number of hydrogen-bond acceptors (Lipinski definition) is 5. The zero-order valence-corrected chi connectivity index (χ0v) is 19.5. The minimum absolute atomic E-state index is 0.0247. The highest BCUT2D eigenvalue weighted by Gasteiger charge is 2.56. The van der Waals surface area contributed by atoms with Gasteiger partial charge in [0.15, 0.2) is 8.32 Å². The fourth-order valence-electron chi connectivity index (χ4n) is 6.09. The fourth-order valence-corrected chi connectivity index (χ4v) is 9.54. The molecule has 0 N–H and O–H groups in total. The number of imide groups is 1. The Labute approximate surface area is 184 Å². The Balaban J connectivity index is 1.53. The molecule has 0 aromatic heterocycles. The standard InChI is InChI=1S/C24H31NO5Si/c1-5-8-15-13-16(24(28)29-2)14-19-21(15)20(31(3,4)30-19)11-12-25-22(26)17-9-6-7-10-18(17)23(25)27/h5-7,9-10,15-16,19-21H,1,8,11-14H2,2-4H3/t15-,16+,19+,20+,21-/m1/s1. The summed E-state index contributed by atoms with van der Waals surface area (Å²) in [5.41, 5.74) is 1.30. The summed E-state index contributed by atoms with van der Waals surface area (Å²) in [5, 5.41) is 0. The smallest absolute Gasteiger partial charge is 0.308 e. The number of hydrogen-bond donors (Lipinski definition) is 0. The molecule has 0 bridgehead atoms. The van der Waals surface area contributed by atoms with Crippen molar-refractivity contribution in [1.82, 2.24) is 4.90 Å². The molecule has 1 saturated carbocycles. The lowest BCUT2D eigenvalue weighted by atomic mass is 9.69. The number of methoxy groups -OCH3 is 1. The van der Waals surface area contributed by atoms with Crippen molar-refractivity contribution in [1.29, 1.82) is 0 Å². The van der Waals surface area contributed by atoms with Crippen molar-refractivity contribution in [3.05, 3.63) is 48.0 Å². The minimum atomic E-state index is -2.07. The predicted molar refractivity (Wildman–Crippen MR) is 119 cm³/mol.